The van der Waals surface area contributed by atoms with E-state index in [0.717, 1.165) is 13.1 Å². The Labute approximate surface area is 151 Å². The second-order valence-corrected chi connectivity index (χ2v) is 6.73. The number of hydrogen-bond acceptors (Lipinski definition) is 5. The quantitative estimate of drug-likeness (QED) is 0.847. The molecule has 3 rings (SSSR count). The van der Waals surface area contributed by atoms with Crippen molar-refractivity contribution < 1.29 is 9.53 Å². The third-order valence-corrected chi connectivity index (χ3v) is 4.69. The zero-order chi connectivity index (χ0) is 17.9. The van der Waals surface area contributed by atoms with Crippen molar-refractivity contribution in [3.8, 4) is 5.75 Å². The Morgan fingerprint density at radius 3 is 2.64 bits per heavy atom. The molecule has 1 aliphatic rings. The van der Waals surface area contributed by atoms with Crippen LogP contribution in [0.4, 0.5) is 0 Å². The van der Waals surface area contributed by atoms with E-state index in [0.29, 0.717) is 29.4 Å². The third-order valence-electron chi connectivity index (χ3n) is 4.43. The Morgan fingerprint density at radius 2 is 2.04 bits per heavy atom. The molecule has 2 heterocycles. The molecule has 0 bridgehead atoms. The Morgan fingerprint density at radius 1 is 1.36 bits per heavy atom. The number of hydrogen-bond donors (Lipinski definition) is 2. The minimum Gasteiger partial charge on any atom is -0.477 e. The number of benzene rings is 1. The van der Waals surface area contributed by atoms with Gasteiger partial charge in [0, 0.05) is 24.9 Å². The van der Waals surface area contributed by atoms with E-state index >= 15 is 0 Å². The largest absolute Gasteiger partial charge is 0.477 e. The molecule has 1 fully saturated rings. The summed E-state index contributed by atoms with van der Waals surface area (Å²) in [6.45, 7) is 3.33. The summed E-state index contributed by atoms with van der Waals surface area (Å²) in [7, 11) is 1.85. The van der Waals surface area contributed by atoms with Crippen molar-refractivity contribution >= 4 is 17.5 Å². The molecule has 1 aliphatic heterocycles. The first kappa shape index (κ1) is 17.7. The van der Waals surface area contributed by atoms with Gasteiger partial charge in [0.2, 0.25) is 0 Å². The predicted octanol–water partition coefficient (Wildman–Crippen LogP) is 1.85. The number of nitrogens with zero attached hydrogens (tertiary/aromatic N) is 3. The summed E-state index contributed by atoms with van der Waals surface area (Å²) in [5, 5.41) is 14.9. The van der Waals surface area contributed by atoms with Crippen molar-refractivity contribution in [3.05, 3.63) is 41.4 Å². The number of amides is 1. The molecule has 0 aliphatic carbocycles. The van der Waals surface area contributed by atoms with E-state index in [4.69, 9.17) is 16.3 Å². The van der Waals surface area contributed by atoms with E-state index in [1.807, 2.05) is 14.0 Å². The maximum absolute atomic E-state index is 13.1. The van der Waals surface area contributed by atoms with E-state index in [1.165, 1.54) is 0 Å². The van der Waals surface area contributed by atoms with Gasteiger partial charge in [0.1, 0.15) is 12.1 Å². The van der Waals surface area contributed by atoms with E-state index in [2.05, 4.69) is 20.8 Å². The maximum atomic E-state index is 13.1. The Bertz CT molecular complexity index is 725. The van der Waals surface area contributed by atoms with Crippen molar-refractivity contribution in [1.29, 1.82) is 0 Å². The lowest BCUT2D eigenvalue weighted by atomic mass is 9.90. The Hall–Kier alpha value is -2.12. The highest BCUT2D eigenvalue weighted by molar-refractivity contribution is 6.30. The smallest absolute Gasteiger partial charge is 0.264 e. The van der Waals surface area contributed by atoms with Crippen LogP contribution in [0.15, 0.2) is 30.6 Å². The Balaban J connectivity index is 1.78. The summed E-state index contributed by atoms with van der Waals surface area (Å²) >= 11 is 5.93. The fourth-order valence-electron chi connectivity index (χ4n) is 3.01. The topological polar surface area (TPSA) is 81.1 Å². The molecule has 2 N–H and O–H groups in total. The van der Waals surface area contributed by atoms with Crippen molar-refractivity contribution in [2.45, 2.75) is 31.4 Å². The second kappa shape index (κ2) is 7.41. The van der Waals surface area contributed by atoms with Crippen molar-refractivity contribution in [3.63, 3.8) is 0 Å². The van der Waals surface area contributed by atoms with Gasteiger partial charge in [-0.1, -0.05) is 11.6 Å². The second-order valence-electron chi connectivity index (χ2n) is 6.30. The lowest BCUT2D eigenvalue weighted by Gasteiger charge is -2.37. The van der Waals surface area contributed by atoms with Crippen LogP contribution >= 0.6 is 11.6 Å². The van der Waals surface area contributed by atoms with Crippen LogP contribution in [-0.4, -0.2) is 39.4 Å². The number of halogens is 1. The van der Waals surface area contributed by atoms with E-state index in [-0.39, 0.29) is 11.9 Å². The number of aryl methyl sites for hydroxylation is 1. The summed E-state index contributed by atoms with van der Waals surface area (Å²) in [4.78, 5) is 13.1. The van der Waals surface area contributed by atoms with Crippen LogP contribution in [0.3, 0.4) is 0 Å². The van der Waals surface area contributed by atoms with Gasteiger partial charge in [-0.2, -0.15) is 0 Å². The molecular weight excluding hydrogens is 342 g/mol. The average molecular weight is 364 g/mol. The van der Waals surface area contributed by atoms with Gasteiger partial charge in [-0.25, -0.2) is 0 Å². The molecule has 1 amide bonds. The van der Waals surface area contributed by atoms with E-state index in [1.54, 1.807) is 35.2 Å². The molecule has 1 saturated heterocycles. The van der Waals surface area contributed by atoms with Crippen LogP contribution in [0.5, 0.6) is 5.75 Å². The van der Waals surface area contributed by atoms with Gasteiger partial charge >= 0.3 is 0 Å². The molecule has 1 aromatic carbocycles. The number of ether oxygens (including phenoxy) is 1. The summed E-state index contributed by atoms with van der Waals surface area (Å²) in [6.07, 6.45) is 2.79. The number of carbonyl (C=O) groups excluding carboxylic acids is 1. The number of piperidine rings is 1. The molecule has 8 heteroatoms. The molecule has 1 unspecified atom stereocenters. The molecule has 2 aromatic rings. The highest BCUT2D eigenvalue weighted by Crippen LogP contribution is 2.28. The zero-order valence-corrected chi connectivity index (χ0v) is 15.1. The molecule has 0 radical (unpaired) electrons. The van der Waals surface area contributed by atoms with E-state index < -0.39 is 5.60 Å². The summed E-state index contributed by atoms with van der Waals surface area (Å²) in [5.41, 5.74) is -0.911. The zero-order valence-electron chi connectivity index (χ0n) is 14.3. The summed E-state index contributed by atoms with van der Waals surface area (Å²) < 4.78 is 7.95. The fourth-order valence-corrected chi connectivity index (χ4v) is 3.14. The van der Waals surface area contributed by atoms with Crippen molar-refractivity contribution in [2.24, 2.45) is 7.05 Å². The van der Waals surface area contributed by atoms with Gasteiger partial charge < -0.3 is 19.9 Å². The van der Waals surface area contributed by atoms with Crippen LogP contribution in [0, 0.1) is 0 Å². The van der Waals surface area contributed by atoms with Gasteiger partial charge in [-0.15, -0.1) is 10.2 Å². The van der Waals surface area contributed by atoms with Crippen LogP contribution < -0.4 is 15.4 Å². The number of nitrogens with one attached hydrogen (secondary N) is 2. The van der Waals surface area contributed by atoms with Gasteiger partial charge in [0.25, 0.3) is 5.91 Å². The maximum Gasteiger partial charge on any atom is 0.264 e. The third kappa shape index (κ3) is 3.93. The normalized spacial score (nSPS) is 17.7. The molecule has 134 valence electrons. The summed E-state index contributed by atoms with van der Waals surface area (Å²) in [5.74, 6) is 1.19. The minimum absolute atomic E-state index is 0.139. The molecule has 1 atom stereocenters. The first-order chi connectivity index (χ1) is 12.0. The molecule has 0 saturated carbocycles. The average Bonchev–Trinajstić information content (AvgIpc) is 3.04. The number of aromatic nitrogens is 3. The van der Waals surface area contributed by atoms with Crippen molar-refractivity contribution in [2.75, 3.05) is 13.1 Å². The van der Waals surface area contributed by atoms with Crippen LogP contribution in [0.1, 0.15) is 31.6 Å². The Kier molecular flexibility index (Phi) is 5.24. The van der Waals surface area contributed by atoms with Crippen LogP contribution in [-0.2, 0) is 11.8 Å². The molecule has 25 heavy (non-hydrogen) atoms. The molecule has 1 aromatic heterocycles. The molecule has 7 nitrogen and oxygen atoms in total. The number of rotatable bonds is 5. The van der Waals surface area contributed by atoms with Gasteiger partial charge in [-0.3, -0.25) is 4.79 Å². The van der Waals surface area contributed by atoms with Gasteiger partial charge in [0.05, 0.1) is 6.04 Å². The minimum atomic E-state index is -0.911. The van der Waals surface area contributed by atoms with E-state index in [9.17, 15) is 4.79 Å². The van der Waals surface area contributed by atoms with Gasteiger partial charge in [-0.05, 0) is 44.3 Å². The predicted molar refractivity (Wildman–Crippen MR) is 94.5 cm³/mol. The number of carbonyl (C=O) groups is 1. The van der Waals surface area contributed by atoms with Crippen LogP contribution in [0.25, 0.3) is 0 Å². The van der Waals surface area contributed by atoms with Crippen molar-refractivity contribution in [1.82, 2.24) is 25.4 Å². The highest BCUT2D eigenvalue weighted by atomic mass is 35.5. The van der Waals surface area contributed by atoms with Gasteiger partial charge in [0.15, 0.2) is 11.4 Å². The highest BCUT2D eigenvalue weighted by Gasteiger charge is 2.42. The molecular formula is C17H22ClN5O2. The van der Waals surface area contributed by atoms with Crippen LogP contribution in [0.2, 0.25) is 5.02 Å². The monoisotopic (exact) mass is 363 g/mol. The molecule has 0 spiro atoms. The SMILES string of the molecule is CC(NC(=O)C1(Oc2ccc(Cl)cc2)CCNCC1)c1nncn1C. The summed E-state index contributed by atoms with van der Waals surface area (Å²) in [6, 6.07) is 6.81. The standard InChI is InChI=1S/C17H22ClN5O2/c1-12(15-22-20-11-23(15)2)21-16(24)17(7-9-19-10-8-17)25-14-5-3-13(18)4-6-14/h3-6,11-12,19H,7-10H2,1-2H3,(H,21,24). The fraction of sp³-hybridized carbons (Fsp3) is 0.471. The lowest BCUT2D eigenvalue weighted by molar-refractivity contribution is -0.140. The first-order valence-electron chi connectivity index (χ1n) is 8.30. The lowest BCUT2D eigenvalue weighted by Crippen LogP contribution is -2.57. The first-order valence-corrected chi connectivity index (χ1v) is 8.68.